The minimum Gasteiger partial charge on any atom is -0.507 e. The molecular formula is C28H19NO6. The average molecular weight is 465 g/mol. The number of methoxy groups -OCH3 is 1. The van der Waals surface area contributed by atoms with Crippen molar-refractivity contribution in [3.8, 4) is 28.4 Å². The van der Waals surface area contributed by atoms with Crippen LogP contribution in [0.25, 0.3) is 33.0 Å². The molecule has 172 valence electrons. The lowest BCUT2D eigenvalue weighted by Crippen LogP contribution is -2.22. The molecule has 0 aliphatic carbocycles. The summed E-state index contributed by atoms with van der Waals surface area (Å²) in [6.45, 7) is 0. The van der Waals surface area contributed by atoms with Gasteiger partial charge >= 0.3 is 5.97 Å². The number of ether oxygens (including phenoxy) is 2. The Balaban J connectivity index is 1.61. The van der Waals surface area contributed by atoms with Crippen LogP contribution < -0.4 is 14.9 Å². The molecule has 2 aromatic heterocycles. The lowest BCUT2D eigenvalue weighted by atomic mass is 9.84. The fourth-order valence-corrected chi connectivity index (χ4v) is 4.78. The van der Waals surface area contributed by atoms with Crippen molar-refractivity contribution >= 4 is 27.8 Å². The third-order valence-corrected chi connectivity index (χ3v) is 6.41. The fraction of sp³-hybridized carbons (Fsp3) is 0.107. The second-order valence-electron chi connectivity index (χ2n) is 8.37. The number of hydrogen-bond acceptors (Lipinski definition) is 7. The van der Waals surface area contributed by atoms with Crippen LogP contribution in [0.1, 0.15) is 23.5 Å². The Labute approximate surface area is 199 Å². The van der Waals surface area contributed by atoms with E-state index in [4.69, 9.17) is 13.9 Å². The summed E-state index contributed by atoms with van der Waals surface area (Å²) in [5, 5.41) is 11.8. The minimum absolute atomic E-state index is 0.0354. The molecule has 0 spiro atoms. The van der Waals surface area contributed by atoms with E-state index >= 15 is 0 Å². The average Bonchev–Trinajstić information content (AvgIpc) is 2.88. The minimum atomic E-state index is -0.470. The van der Waals surface area contributed by atoms with Crippen molar-refractivity contribution in [2.75, 3.05) is 7.11 Å². The zero-order chi connectivity index (χ0) is 24.1. The number of benzene rings is 3. The van der Waals surface area contributed by atoms with Gasteiger partial charge in [-0.2, -0.15) is 0 Å². The number of pyridine rings is 1. The van der Waals surface area contributed by atoms with Gasteiger partial charge in [0.25, 0.3) is 0 Å². The van der Waals surface area contributed by atoms with Gasteiger partial charge < -0.3 is 19.0 Å². The van der Waals surface area contributed by atoms with E-state index in [1.54, 1.807) is 37.6 Å². The Bertz CT molecular complexity index is 1680. The van der Waals surface area contributed by atoms with Gasteiger partial charge in [-0.1, -0.05) is 36.4 Å². The first-order valence-corrected chi connectivity index (χ1v) is 11.1. The Hall–Kier alpha value is -4.65. The van der Waals surface area contributed by atoms with Crippen LogP contribution in [-0.4, -0.2) is 23.2 Å². The third kappa shape index (κ3) is 3.32. The summed E-state index contributed by atoms with van der Waals surface area (Å²) in [4.78, 5) is 30.6. The number of carbonyl (C=O) groups is 1. The van der Waals surface area contributed by atoms with Gasteiger partial charge in [0.1, 0.15) is 34.5 Å². The highest BCUT2D eigenvalue weighted by molar-refractivity contribution is 5.95. The molecule has 1 atom stereocenters. The maximum atomic E-state index is 13.5. The predicted molar refractivity (Wildman–Crippen MR) is 130 cm³/mol. The molecule has 0 bridgehead atoms. The van der Waals surface area contributed by atoms with Crippen molar-refractivity contribution in [3.05, 3.63) is 94.5 Å². The van der Waals surface area contributed by atoms with E-state index in [0.717, 1.165) is 16.5 Å². The van der Waals surface area contributed by atoms with Crippen LogP contribution in [0.3, 0.4) is 0 Å². The molecule has 35 heavy (non-hydrogen) atoms. The number of nitrogens with zero attached hydrogens (tertiary/aromatic N) is 1. The highest BCUT2D eigenvalue weighted by Crippen LogP contribution is 2.46. The molecule has 7 heteroatoms. The molecule has 0 saturated heterocycles. The number of aromatic hydroxyl groups is 1. The van der Waals surface area contributed by atoms with Gasteiger partial charge in [-0.05, 0) is 29.3 Å². The molecule has 1 aliphatic heterocycles. The van der Waals surface area contributed by atoms with Crippen LogP contribution in [0.4, 0.5) is 0 Å². The summed E-state index contributed by atoms with van der Waals surface area (Å²) in [6, 6.07) is 17.9. The SMILES string of the molecule is COc1ccc(-c2coc3c4c(cc(O)c3c2=O)OC(=O)C[C@@H]4c2cccc3cccnc23)cc1. The van der Waals surface area contributed by atoms with Gasteiger partial charge in [-0.25, -0.2) is 0 Å². The van der Waals surface area contributed by atoms with Crippen LogP contribution in [0.2, 0.25) is 0 Å². The molecule has 3 aromatic carbocycles. The van der Waals surface area contributed by atoms with Crippen molar-refractivity contribution in [1.29, 1.82) is 0 Å². The zero-order valence-corrected chi connectivity index (χ0v) is 18.6. The van der Waals surface area contributed by atoms with Crippen molar-refractivity contribution in [2.24, 2.45) is 0 Å². The Morgan fingerprint density at radius 1 is 1.06 bits per heavy atom. The molecule has 0 fully saturated rings. The topological polar surface area (TPSA) is 98.9 Å². The molecular weight excluding hydrogens is 446 g/mol. The second kappa shape index (κ2) is 7.99. The summed E-state index contributed by atoms with van der Waals surface area (Å²) in [5.41, 5.74) is 2.82. The fourth-order valence-electron chi connectivity index (χ4n) is 4.78. The first kappa shape index (κ1) is 20.9. The van der Waals surface area contributed by atoms with Crippen molar-refractivity contribution in [1.82, 2.24) is 4.98 Å². The standard InChI is InChI=1S/C28H19NO6/c1-33-17-9-7-15(8-10-17)20-14-34-28-24-19(18-6-2-4-16-5-3-11-29-26(16)18)12-23(31)35-22(24)13-21(30)25(28)27(20)32/h2-11,13-14,19,30H,12H2,1H3/t19-/m1/s1. The van der Waals surface area contributed by atoms with Crippen LogP contribution in [-0.2, 0) is 4.79 Å². The summed E-state index contributed by atoms with van der Waals surface area (Å²) in [5.74, 6) is -0.393. The van der Waals surface area contributed by atoms with Gasteiger partial charge in [0, 0.05) is 29.1 Å². The number of carbonyl (C=O) groups excluding carboxylic acids is 1. The highest BCUT2D eigenvalue weighted by Gasteiger charge is 2.34. The van der Waals surface area contributed by atoms with E-state index in [1.165, 1.54) is 12.3 Å². The van der Waals surface area contributed by atoms with Crippen LogP contribution in [0.15, 0.2) is 82.3 Å². The second-order valence-corrected chi connectivity index (χ2v) is 8.37. The molecule has 0 amide bonds. The Morgan fingerprint density at radius 2 is 1.86 bits per heavy atom. The Morgan fingerprint density at radius 3 is 2.66 bits per heavy atom. The van der Waals surface area contributed by atoms with Crippen LogP contribution in [0.5, 0.6) is 17.2 Å². The number of rotatable bonds is 3. The molecule has 7 nitrogen and oxygen atoms in total. The van der Waals surface area contributed by atoms with Crippen LogP contribution in [0, 0.1) is 0 Å². The molecule has 0 saturated carbocycles. The lowest BCUT2D eigenvalue weighted by molar-refractivity contribution is -0.135. The largest absolute Gasteiger partial charge is 0.507 e. The molecule has 0 unspecified atom stereocenters. The summed E-state index contributed by atoms with van der Waals surface area (Å²) in [6.07, 6.45) is 3.12. The van der Waals surface area contributed by atoms with Gasteiger partial charge in [-0.3, -0.25) is 14.6 Å². The maximum Gasteiger partial charge on any atom is 0.312 e. The van der Waals surface area contributed by atoms with E-state index in [9.17, 15) is 14.7 Å². The molecule has 1 N–H and O–H groups in total. The quantitative estimate of drug-likeness (QED) is 0.290. The number of para-hydroxylation sites is 1. The zero-order valence-electron chi connectivity index (χ0n) is 18.6. The first-order valence-electron chi connectivity index (χ1n) is 11.1. The van der Waals surface area contributed by atoms with E-state index in [1.807, 2.05) is 30.3 Å². The molecule has 6 rings (SSSR count). The molecule has 1 aliphatic rings. The molecule has 3 heterocycles. The predicted octanol–water partition coefficient (Wildman–Crippen LogP) is 5.16. The van der Waals surface area contributed by atoms with E-state index in [0.29, 0.717) is 22.4 Å². The van der Waals surface area contributed by atoms with Gasteiger partial charge in [-0.15, -0.1) is 0 Å². The summed E-state index contributed by atoms with van der Waals surface area (Å²) in [7, 11) is 1.56. The molecule has 5 aromatic rings. The third-order valence-electron chi connectivity index (χ3n) is 6.41. The van der Waals surface area contributed by atoms with E-state index < -0.39 is 11.9 Å². The Kier molecular flexibility index (Phi) is 4.77. The molecule has 0 radical (unpaired) electrons. The summed E-state index contributed by atoms with van der Waals surface area (Å²) >= 11 is 0. The van der Waals surface area contributed by atoms with E-state index in [2.05, 4.69) is 4.98 Å². The van der Waals surface area contributed by atoms with Gasteiger partial charge in [0.2, 0.25) is 5.43 Å². The van der Waals surface area contributed by atoms with Gasteiger partial charge in [0.15, 0.2) is 0 Å². The summed E-state index contributed by atoms with van der Waals surface area (Å²) < 4.78 is 16.7. The van der Waals surface area contributed by atoms with Gasteiger partial charge in [0.05, 0.1) is 24.6 Å². The van der Waals surface area contributed by atoms with Crippen molar-refractivity contribution < 1.29 is 23.8 Å². The lowest BCUT2D eigenvalue weighted by Gasteiger charge is -2.26. The number of esters is 1. The van der Waals surface area contributed by atoms with Crippen LogP contribution >= 0.6 is 0 Å². The monoisotopic (exact) mass is 465 g/mol. The van der Waals surface area contributed by atoms with Crippen molar-refractivity contribution in [2.45, 2.75) is 12.3 Å². The van der Waals surface area contributed by atoms with E-state index in [-0.39, 0.29) is 34.3 Å². The number of aromatic nitrogens is 1. The number of fused-ring (bicyclic) bond motifs is 4. The number of phenols is 1. The highest BCUT2D eigenvalue weighted by atomic mass is 16.5. The normalized spacial score (nSPS) is 15.1. The maximum absolute atomic E-state index is 13.5. The first-order chi connectivity index (χ1) is 17.0. The van der Waals surface area contributed by atoms with Crippen molar-refractivity contribution in [3.63, 3.8) is 0 Å². The smallest absolute Gasteiger partial charge is 0.312 e. The number of hydrogen-bond donors (Lipinski definition) is 1. The number of phenolic OH excluding ortho intramolecular Hbond substituents is 1.